The number of carbonyl (C=O) groups excluding carboxylic acids is 1. The summed E-state index contributed by atoms with van der Waals surface area (Å²) in [6.07, 6.45) is 0. The van der Waals surface area contributed by atoms with Crippen molar-refractivity contribution in [2.45, 2.75) is 4.90 Å². The first kappa shape index (κ1) is 14.9. The largest absolute Gasteiger partial charge is 0.468 e. The van der Waals surface area contributed by atoms with E-state index in [1.165, 1.54) is 7.05 Å². The predicted molar refractivity (Wildman–Crippen MR) is 63.2 cm³/mol. The molecule has 0 N–H and O–H groups in total. The van der Waals surface area contributed by atoms with Gasteiger partial charge < -0.3 is 4.74 Å². The lowest BCUT2D eigenvalue weighted by atomic mass is 10.3. The van der Waals surface area contributed by atoms with Gasteiger partial charge in [0.2, 0.25) is 10.0 Å². The van der Waals surface area contributed by atoms with Gasteiger partial charge in [0.1, 0.15) is 17.3 Å². The highest BCUT2D eigenvalue weighted by Crippen LogP contribution is 2.24. The molecule has 0 aliphatic heterocycles. The number of carbonyl (C=O) groups is 1. The summed E-state index contributed by atoms with van der Waals surface area (Å²) in [4.78, 5) is 10.8. The Kier molecular flexibility index (Phi) is 4.66. The highest BCUT2D eigenvalue weighted by atomic mass is 35.5. The summed E-state index contributed by atoms with van der Waals surface area (Å²) in [5.41, 5.74) is 0. The van der Waals surface area contributed by atoms with E-state index in [0.29, 0.717) is 0 Å². The Morgan fingerprint density at radius 1 is 1.50 bits per heavy atom. The van der Waals surface area contributed by atoms with Gasteiger partial charge in [0.05, 0.1) is 12.1 Å². The van der Waals surface area contributed by atoms with Gasteiger partial charge in [-0.05, 0) is 18.2 Å². The SMILES string of the molecule is COC(=O)CN(C)S(=O)(=O)c1ccc(F)cc1Cl. The molecule has 18 heavy (non-hydrogen) atoms. The number of ether oxygens (including phenoxy) is 1. The summed E-state index contributed by atoms with van der Waals surface area (Å²) in [5.74, 6) is -1.35. The van der Waals surface area contributed by atoms with Crippen LogP contribution in [0.25, 0.3) is 0 Å². The molecule has 0 heterocycles. The summed E-state index contributed by atoms with van der Waals surface area (Å²) < 4.78 is 42.0. The number of likely N-dealkylation sites (N-methyl/N-ethyl adjacent to an activating group) is 1. The van der Waals surface area contributed by atoms with Crippen LogP contribution in [0.4, 0.5) is 4.39 Å². The number of esters is 1. The van der Waals surface area contributed by atoms with Crippen LogP contribution in [0.3, 0.4) is 0 Å². The molecule has 0 aromatic heterocycles. The molecule has 0 saturated heterocycles. The zero-order valence-corrected chi connectivity index (χ0v) is 11.3. The molecule has 0 unspecified atom stereocenters. The van der Waals surface area contributed by atoms with Crippen molar-refractivity contribution in [1.29, 1.82) is 0 Å². The fourth-order valence-electron chi connectivity index (χ4n) is 1.18. The van der Waals surface area contributed by atoms with E-state index in [9.17, 15) is 17.6 Å². The Morgan fingerprint density at radius 3 is 2.61 bits per heavy atom. The van der Waals surface area contributed by atoms with Gasteiger partial charge in [-0.3, -0.25) is 4.79 Å². The molecule has 1 rings (SSSR count). The van der Waals surface area contributed by atoms with Gasteiger partial charge >= 0.3 is 5.97 Å². The quantitative estimate of drug-likeness (QED) is 0.785. The maximum absolute atomic E-state index is 12.8. The van der Waals surface area contributed by atoms with Gasteiger partial charge in [-0.15, -0.1) is 0 Å². The van der Waals surface area contributed by atoms with E-state index < -0.39 is 28.4 Å². The highest BCUT2D eigenvalue weighted by molar-refractivity contribution is 7.89. The van der Waals surface area contributed by atoms with Gasteiger partial charge in [-0.25, -0.2) is 12.8 Å². The van der Waals surface area contributed by atoms with Crippen molar-refractivity contribution < 1.29 is 22.3 Å². The average molecular weight is 296 g/mol. The van der Waals surface area contributed by atoms with Crippen LogP contribution < -0.4 is 0 Å². The molecule has 0 aliphatic carbocycles. The van der Waals surface area contributed by atoms with E-state index in [-0.39, 0.29) is 9.92 Å². The van der Waals surface area contributed by atoms with Crippen LogP contribution in [-0.2, 0) is 19.6 Å². The first-order valence-electron chi connectivity index (χ1n) is 4.77. The second kappa shape index (κ2) is 5.64. The zero-order chi connectivity index (χ0) is 13.9. The number of hydrogen-bond acceptors (Lipinski definition) is 4. The van der Waals surface area contributed by atoms with Crippen LogP contribution in [0.5, 0.6) is 0 Å². The Hall–Kier alpha value is -1.18. The molecule has 0 atom stereocenters. The maximum atomic E-state index is 12.8. The third-order valence-corrected chi connectivity index (χ3v) is 4.45. The van der Waals surface area contributed by atoms with Crippen molar-refractivity contribution in [3.8, 4) is 0 Å². The lowest BCUT2D eigenvalue weighted by Gasteiger charge is -2.16. The number of sulfonamides is 1. The minimum atomic E-state index is -3.96. The summed E-state index contributed by atoms with van der Waals surface area (Å²) in [6, 6.07) is 2.91. The Bertz CT molecular complexity index is 561. The molecule has 0 bridgehead atoms. The second-order valence-electron chi connectivity index (χ2n) is 3.41. The number of benzene rings is 1. The van der Waals surface area contributed by atoms with Crippen LogP contribution in [0.1, 0.15) is 0 Å². The minimum absolute atomic E-state index is 0.244. The van der Waals surface area contributed by atoms with Crippen LogP contribution >= 0.6 is 11.6 Å². The predicted octanol–water partition coefficient (Wildman–Crippen LogP) is 1.27. The van der Waals surface area contributed by atoms with Crippen LogP contribution in [0, 0.1) is 5.82 Å². The van der Waals surface area contributed by atoms with Gasteiger partial charge in [-0.2, -0.15) is 4.31 Å². The van der Waals surface area contributed by atoms with Gasteiger partial charge in [0, 0.05) is 7.05 Å². The standard InChI is InChI=1S/C10H11ClFNO4S/c1-13(6-10(14)17-2)18(15,16)9-4-3-7(12)5-8(9)11/h3-5H,6H2,1-2H3. The highest BCUT2D eigenvalue weighted by Gasteiger charge is 2.25. The zero-order valence-electron chi connectivity index (χ0n) is 9.68. The third kappa shape index (κ3) is 3.18. The van der Waals surface area contributed by atoms with Crippen LogP contribution in [0.2, 0.25) is 5.02 Å². The summed E-state index contributed by atoms with van der Waals surface area (Å²) >= 11 is 5.67. The van der Waals surface area contributed by atoms with Crippen molar-refractivity contribution in [1.82, 2.24) is 4.31 Å². The topological polar surface area (TPSA) is 63.7 Å². The first-order valence-corrected chi connectivity index (χ1v) is 6.59. The Labute approximate surface area is 109 Å². The van der Waals surface area contributed by atoms with Crippen molar-refractivity contribution in [3.05, 3.63) is 29.0 Å². The summed E-state index contributed by atoms with van der Waals surface area (Å²) in [7, 11) is -1.61. The maximum Gasteiger partial charge on any atom is 0.321 e. The van der Waals surface area contributed by atoms with Crippen molar-refractivity contribution in [2.75, 3.05) is 20.7 Å². The normalized spacial score (nSPS) is 11.6. The van der Waals surface area contributed by atoms with Crippen molar-refractivity contribution in [3.63, 3.8) is 0 Å². The molecule has 0 spiro atoms. The number of halogens is 2. The molecule has 1 aromatic carbocycles. The van der Waals surface area contributed by atoms with Crippen LogP contribution in [-0.4, -0.2) is 39.4 Å². The third-order valence-electron chi connectivity index (χ3n) is 2.16. The lowest BCUT2D eigenvalue weighted by molar-refractivity contribution is -0.140. The minimum Gasteiger partial charge on any atom is -0.468 e. The number of rotatable bonds is 4. The monoisotopic (exact) mass is 295 g/mol. The molecule has 0 radical (unpaired) electrons. The van der Waals surface area contributed by atoms with E-state index in [1.807, 2.05) is 0 Å². The molecular weight excluding hydrogens is 285 g/mol. The number of methoxy groups -OCH3 is 1. The van der Waals surface area contributed by atoms with Crippen molar-refractivity contribution in [2.24, 2.45) is 0 Å². The number of nitrogens with zero attached hydrogens (tertiary/aromatic N) is 1. The van der Waals surface area contributed by atoms with Gasteiger partial charge in [0.25, 0.3) is 0 Å². The van der Waals surface area contributed by atoms with Crippen LogP contribution in [0.15, 0.2) is 23.1 Å². The van der Waals surface area contributed by atoms with Gasteiger partial charge in [-0.1, -0.05) is 11.6 Å². The summed E-state index contributed by atoms with van der Waals surface area (Å²) in [6.45, 7) is -0.452. The summed E-state index contributed by atoms with van der Waals surface area (Å²) in [5, 5.41) is -0.244. The molecule has 1 aromatic rings. The van der Waals surface area contributed by atoms with Gasteiger partial charge in [0.15, 0.2) is 0 Å². The van der Waals surface area contributed by atoms with E-state index in [2.05, 4.69) is 4.74 Å². The fourth-order valence-corrected chi connectivity index (χ4v) is 2.80. The average Bonchev–Trinajstić information content (AvgIpc) is 2.28. The molecule has 0 fully saturated rings. The number of hydrogen-bond donors (Lipinski definition) is 0. The fraction of sp³-hybridized carbons (Fsp3) is 0.300. The molecule has 5 nitrogen and oxygen atoms in total. The first-order chi connectivity index (χ1) is 8.28. The Morgan fingerprint density at radius 2 is 2.11 bits per heavy atom. The Balaban J connectivity index is 3.09. The second-order valence-corrected chi connectivity index (χ2v) is 5.83. The molecule has 8 heteroatoms. The van der Waals surface area contributed by atoms with E-state index in [1.54, 1.807) is 0 Å². The van der Waals surface area contributed by atoms with E-state index >= 15 is 0 Å². The molecule has 0 aliphatic rings. The lowest BCUT2D eigenvalue weighted by Crippen LogP contribution is -2.32. The molecule has 0 saturated carbocycles. The molecule has 100 valence electrons. The van der Waals surface area contributed by atoms with E-state index in [0.717, 1.165) is 29.6 Å². The smallest absolute Gasteiger partial charge is 0.321 e. The van der Waals surface area contributed by atoms with Crippen molar-refractivity contribution >= 4 is 27.6 Å². The molecule has 0 amide bonds. The van der Waals surface area contributed by atoms with E-state index in [4.69, 9.17) is 11.6 Å². The molecular formula is C10H11ClFNO4S.